The molecule has 0 spiro atoms. The quantitative estimate of drug-likeness (QED) is 0.893. The topological polar surface area (TPSA) is 38.7 Å². The number of ether oxygens (including phenoxy) is 2. The van der Waals surface area contributed by atoms with E-state index in [9.17, 15) is 5.11 Å². The number of benzene rings is 1. The van der Waals surface area contributed by atoms with Crippen molar-refractivity contribution in [2.24, 2.45) is 5.92 Å². The molecule has 1 aromatic rings. The van der Waals surface area contributed by atoms with Crippen LogP contribution >= 0.6 is 11.6 Å². The van der Waals surface area contributed by atoms with Gasteiger partial charge in [-0.1, -0.05) is 36.9 Å². The molecule has 0 amide bonds. The summed E-state index contributed by atoms with van der Waals surface area (Å²) in [5.41, 5.74) is 0.795. The minimum Gasteiger partial charge on any atom is -0.495 e. The van der Waals surface area contributed by atoms with E-state index >= 15 is 0 Å². The minimum absolute atomic E-state index is 0.166. The summed E-state index contributed by atoms with van der Waals surface area (Å²) in [5.74, 6) is 1.01. The Balaban J connectivity index is 2.16. The van der Waals surface area contributed by atoms with Crippen molar-refractivity contribution in [1.29, 1.82) is 0 Å². The number of halogens is 1. The predicted octanol–water partition coefficient (Wildman–Crippen LogP) is 3.98. The standard InChI is InChI=1S/C16H23ClO3/c1-19-14-10-12(8-9-13(14)17)15(18)16(20-2)11-6-4-3-5-7-11/h8-11,15-16,18H,3-7H2,1-2H3. The third-order valence-electron chi connectivity index (χ3n) is 4.21. The first-order valence-corrected chi connectivity index (χ1v) is 7.59. The van der Waals surface area contributed by atoms with Gasteiger partial charge in [0.1, 0.15) is 11.9 Å². The van der Waals surface area contributed by atoms with Crippen LogP contribution < -0.4 is 4.74 Å². The lowest BCUT2D eigenvalue weighted by atomic mass is 9.82. The molecule has 0 heterocycles. The van der Waals surface area contributed by atoms with Crippen LogP contribution in [0, 0.1) is 5.92 Å². The summed E-state index contributed by atoms with van der Waals surface area (Å²) in [6, 6.07) is 5.39. The van der Waals surface area contributed by atoms with Crippen LogP contribution in [0.4, 0.5) is 0 Å². The molecule has 4 heteroatoms. The van der Waals surface area contributed by atoms with Crippen molar-refractivity contribution in [1.82, 2.24) is 0 Å². The molecule has 0 bridgehead atoms. The van der Waals surface area contributed by atoms with Crippen molar-refractivity contribution < 1.29 is 14.6 Å². The highest BCUT2D eigenvalue weighted by Crippen LogP contribution is 2.36. The largest absolute Gasteiger partial charge is 0.495 e. The molecule has 112 valence electrons. The van der Waals surface area contributed by atoms with Gasteiger partial charge in [-0.25, -0.2) is 0 Å². The highest BCUT2D eigenvalue weighted by molar-refractivity contribution is 6.32. The lowest BCUT2D eigenvalue weighted by Gasteiger charge is -2.32. The first-order chi connectivity index (χ1) is 9.67. The summed E-state index contributed by atoms with van der Waals surface area (Å²) in [4.78, 5) is 0. The number of aliphatic hydroxyl groups is 1. The number of methoxy groups -OCH3 is 2. The first kappa shape index (κ1) is 15.6. The molecule has 0 radical (unpaired) electrons. The maximum Gasteiger partial charge on any atom is 0.137 e. The van der Waals surface area contributed by atoms with Gasteiger partial charge in [-0.05, 0) is 36.5 Å². The Labute approximate surface area is 125 Å². The fraction of sp³-hybridized carbons (Fsp3) is 0.625. The monoisotopic (exact) mass is 298 g/mol. The second kappa shape index (κ2) is 7.30. The van der Waals surface area contributed by atoms with Gasteiger partial charge in [0.05, 0.1) is 18.2 Å². The smallest absolute Gasteiger partial charge is 0.137 e. The van der Waals surface area contributed by atoms with Crippen LogP contribution in [0.15, 0.2) is 18.2 Å². The van der Waals surface area contributed by atoms with Crippen LogP contribution in [-0.4, -0.2) is 25.4 Å². The molecule has 0 aliphatic heterocycles. The predicted molar refractivity (Wildman–Crippen MR) is 80.3 cm³/mol. The van der Waals surface area contributed by atoms with Gasteiger partial charge < -0.3 is 14.6 Å². The summed E-state index contributed by atoms with van der Waals surface area (Å²) in [6.07, 6.45) is 5.18. The molecule has 2 atom stereocenters. The lowest BCUT2D eigenvalue weighted by Crippen LogP contribution is -2.31. The van der Waals surface area contributed by atoms with Crippen molar-refractivity contribution in [2.45, 2.75) is 44.3 Å². The van der Waals surface area contributed by atoms with Crippen molar-refractivity contribution in [3.05, 3.63) is 28.8 Å². The van der Waals surface area contributed by atoms with Crippen LogP contribution in [-0.2, 0) is 4.74 Å². The van der Waals surface area contributed by atoms with E-state index in [0.29, 0.717) is 16.7 Å². The van der Waals surface area contributed by atoms with Crippen molar-refractivity contribution in [3.8, 4) is 5.75 Å². The molecule has 0 aromatic heterocycles. The Morgan fingerprint density at radius 1 is 1.20 bits per heavy atom. The average molecular weight is 299 g/mol. The van der Waals surface area contributed by atoms with Crippen LogP contribution in [0.5, 0.6) is 5.75 Å². The van der Waals surface area contributed by atoms with Gasteiger partial charge >= 0.3 is 0 Å². The van der Waals surface area contributed by atoms with E-state index < -0.39 is 6.10 Å². The summed E-state index contributed by atoms with van der Waals surface area (Å²) >= 11 is 6.03. The van der Waals surface area contributed by atoms with Crippen LogP contribution in [0.25, 0.3) is 0 Å². The number of hydrogen-bond donors (Lipinski definition) is 1. The molecule has 1 aliphatic carbocycles. The van der Waals surface area contributed by atoms with Crippen molar-refractivity contribution in [2.75, 3.05) is 14.2 Å². The zero-order valence-electron chi connectivity index (χ0n) is 12.1. The molecule has 1 N–H and O–H groups in total. The summed E-state index contributed by atoms with van der Waals surface area (Å²) < 4.78 is 10.8. The summed E-state index contributed by atoms with van der Waals surface area (Å²) in [5, 5.41) is 11.2. The molecule has 2 rings (SSSR count). The van der Waals surface area contributed by atoms with Crippen LogP contribution in [0.2, 0.25) is 5.02 Å². The van der Waals surface area contributed by atoms with E-state index in [2.05, 4.69) is 0 Å². The molecule has 1 saturated carbocycles. The molecule has 0 saturated heterocycles. The van der Waals surface area contributed by atoms with E-state index in [1.807, 2.05) is 6.07 Å². The molecule has 1 fully saturated rings. The van der Waals surface area contributed by atoms with Gasteiger partial charge in [-0.15, -0.1) is 0 Å². The fourth-order valence-electron chi connectivity index (χ4n) is 3.09. The molecule has 1 aliphatic rings. The van der Waals surface area contributed by atoms with Crippen LogP contribution in [0.1, 0.15) is 43.8 Å². The number of rotatable bonds is 5. The molecule has 20 heavy (non-hydrogen) atoms. The van der Waals surface area contributed by atoms with Crippen molar-refractivity contribution in [3.63, 3.8) is 0 Å². The SMILES string of the molecule is COc1cc(C(O)C(OC)C2CCCCC2)ccc1Cl. The van der Waals surface area contributed by atoms with Crippen LogP contribution in [0.3, 0.4) is 0 Å². The lowest BCUT2D eigenvalue weighted by molar-refractivity contribution is -0.0559. The summed E-state index contributed by atoms with van der Waals surface area (Å²) in [6.45, 7) is 0. The molecular formula is C16H23ClO3. The van der Waals surface area contributed by atoms with Gasteiger partial charge in [-0.2, -0.15) is 0 Å². The Morgan fingerprint density at radius 2 is 1.90 bits per heavy atom. The van der Waals surface area contributed by atoms with Gasteiger partial charge in [0.25, 0.3) is 0 Å². The van der Waals surface area contributed by atoms with E-state index in [0.717, 1.165) is 18.4 Å². The van der Waals surface area contributed by atoms with E-state index in [1.165, 1.54) is 19.3 Å². The Morgan fingerprint density at radius 3 is 2.50 bits per heavy atom. The Kier molecular flexibility index (Phi) is 5.70. The highest BCUT2D eigenvalue weighted by Gasteiger charge is 2.30. The number of aliphatic hydroxyl groups excluding tert-OH is 1. The third kappa shape index (κ3) is 3.46. The molecular weight excluding hydrogens is 276 g/mol. The van der Waals surface area contributed by atoms with Gasteiger partial charge in [0, 0.05) is 7.11 Å². The highest BCUT2D eigenvalue weighted by atomic mass is 35.5. The zero-order valence-corrected chi connectivity index (χ0v) is 12.9. The number of hydrogen-bond acceptors (Lipinski definition) is 3. The summed E-state index contributed by atoms with van der Waals surface area (Å²) in [7, 11) is 3.25. The average Bonchev–Trinajstić information content (AvgIpc) is 2.49. The van der Waals surface area contributed by atoms with Gasteiger partial charge in [0.15, 0.2) is 0 Å². The normalized spacial score (nSPS) is 19.6. The van der Waals surface area contributed by atoms with Gasteiger partial charge in [-0.3, -0.25) is 0 Å². The van der Waals surface area contributed by atoms with E-state index in [-0.39, 0.29) is 6.10 Å². The minimum atomic E-state index is -0.644. The molecule has 1 aromatic carbocycles. The Bertz CT molecular complexity index is 430. The molecule has 2 unspecified atom stereocenters. The molecule has 3 nitrogen and oxygen atoms in total. The third-order valence-corrected chi connectivity index (χ3v) is 4.53. The second-order valence-corrected chi connectivity index (χ2v) is 5.84. The van der Waals surface area contributed by atoms with E-state index in [4.69, 9.17) is 21.1 Å². The van der Waals surface area contributed by atoms with Gasteiger partial charge in [0.2, 0.25) is 0 Å². The maximum atomic E-state index is 10.6. The van der Waals surface area contributed by atoms with E-state index in [1.54, 1.807) is 26.4 Å². The first-order valence-electron chi connectivity index (χ1n) is 7.21. The fourth-order valence-corrected chi connectivity index (χ4v) is 3.29. The zero-order chi connectivity index (χ0) is 14.5. The second-order valence-electron chi connectivity index (χ2n) is 5.44. The van der Waals surface area contributed by atoms with Crippen molar-refractivity contribution >= 4 is 11.6 Å². The Hall–Kier alpha value is -0.770. The maximum absolute atomic E-state index is 10.6.